The van der Waals surface area contributed by atoms with Crippen LogP contribution in [0.3, 0.4) is 0 Å². The molecule has 0 unspecified atom stereocenters. The van der Waals surface area contributed by atoms with Crippen LogP contribution in [0, 0.1) is 5.82 Å². The smallest absolute Gasteiger partial charge is 0.263 e. The van der Waals surface area contributed by atoms with E-state index in [9.17, 15) is 9.18 Å². The van der Waals surface area contributed by atoms with Gasteiger partial charge in [-0.25, -0.2) is 9.37 Å². The topological polar surface area (TPSA) is 44.1 Å². The Morgan fingerprint density at radius 1 is 1.21 bits per heavy atom. The number of thiophene rings is 1. The van der Waals surface area contributed by atoms with Crippen LogP contribution in [-0.2, 0) is 17.7 Å². The van der Waals surface area contributed by atoms with Crippen molar-refractivity contribution in [3.05, 3.63) is 86.5 Å². The summed E-state index contributed by atoms with van der Waals surface area (Å²) in [4.78, 5) is 18.9. The number of benzene rings is 2. The van der Waals surface area contributed by atoms with Crippen LogP contribution in [0.25, 0.3) is 21.3 Å². The lowest BCUT2D eigenvalue weighted by molar-refractivity contribution is 0.199. The minimum Gasteiger partial charge on any atom is -0.384 e. The van der Waals surface area contributed by atoms with Gasteiger partial charge < -0.3 is 4.74 Å². The van der Waals surface area contributed by atoms with E-state index in [1.165, 1.54) is 23.5 Å². The third-order valence-electron chi connectivity index (χ3n) is 4.69. The third-order valence-corrected chi connectivity index (χ3v) is 5.81. The van der Waals surface area contributed by atoms with Crippen molar-refractivity contribution in [3.8, 4) is 11.1 Å². The second-order valence-corrected chi connectivity index (χ2v) is 7.92. The minimum absolute atomic E-state index is 0.142. The number of hydrogen-bond acceptors (Lipinski definition) is 4. The molecule has 4 nitrogen and oxygen atoms in total. The number of fused-ring (bicyclic) bond motifs is 1. The number of aromatic nitrogens is 2. The van der Waals surface area contributed by atoms with Gasteiger partial charge in [-0.1, -0.05) is 35.9 Å². The molecule has 0 atom stereocenters. The van der Waals surface area contributed by atoms with Crippen molar-refractivity contribution in [3.63, 3.8) is 0 Å². The first kappa shape index (κ1) is 19.8. The SMILES string of the molecule is COCCc1nc2scc(-c3ccc(Cl)cc3)c2c(=O)n1Cc1cccc(F)c1. The quantitative estimate of drug-likeness (QED) is 0.426. The Kier molecular flexibility index (Phi) is 5.76. The van der Waals surface area contributed by atoms with Crippen LogP contribution in [0.4, 0.5) is 4.39 Å². The lowest BCUT2D eigenvalue weighted by Crippen LogP contribution is -2.26. The van der Waals surface area contributed by atoms with Crippen LogP contribution in [0.5, 0.6) is 0 Å². The van der Waals surface area contributed by atoms with Gasteiger partial charge in [-0.05, 0) is 35.4 Å². The Balaban J connectivity index is 1.88. The molecule has 0 saturated carbocycles. The molecule has 0 aliphatic heterocycles. The van der Waals surface area contributed by atoms with Crippen LogP contribution >= 0.6 is 22.9 Å². The first-order valence-corrected chi connectivity index (χ1v) is 10.3. The van der Waals surface area contributed by atoms with E-state index in [2.05, 4.69) is 0 Å². The number of nitrogens with zero attached hydrogens (tertiary/aromatic N) is 2. The van der Waals surface area contributed by atoms with Crippen molar-refractivity contribution in [1.29, 1.82) is 0 Å². The zero-order valence-corrected chi connectivity index (χ0v) is 17.3. The monoisotopic (exact) mass is 428 g/mol. The molecule has 0 bridgehead atoms. The molecule has 7 heteroatoms. The van der Waals surface area contributed by atoms with Crippen molar-refractivity contribution >= 4 is 33.2 Å². The van der Waals surface area contributed by atoms with Gasteiger partial charge >= 0.3 is 0 Å². The maximum Gasteiger partial charge on any atom is 0.263 e. The van der Waals surface area contributed by atoms with Crippen molar-refractivity contribution < 1.29 is 9.13 Å². The van der Waals surface area contributed by atoms with E-state index < -0.39 is 0 Å². The molecule has 4 aromatic rings. The lowest BCUT2D eigenvalue weighted by Gasteiger charge is -2.13. The van der Waals surface area contributed by atoms with E-state index in [4.69, 9.17) is 21.3 Å². The molecule has 29 heavy (non-hydrogen) atoms. The van der Waals surface area contributed by atoms with Gasteiger partial charge in [0, 0.05) is 29.5 Å². The summed E-state index contributed by atoms with van der Waals surface area (Å²) in [6.07, 6.45) is 0.491. The largest absolute Gasteiger partial charge is 0.384 e. The van der Waals surface area contributed by atoms with Gasteiger partial charge in [0.15, 0.2) is 0 Å². The summed E-state index contributed by atoms with van der Waals surface area (Å²) >= 11 is 7.44. The Morgan fingerprint density at radius 3 is 2.72 bits per heavy atom. The van der Waals surface area contributed by atoms with Crippen LogP contribution in [0.1, 0.15) is 11.4 Å². The number of hydrogen-bond donors (Lipinski definition) is 0. The molecule has 2 aromatic heterocycles. The predicted octanol–water partition coefficient (Wildman–Crippen LogP) is 5.15. The van der Waals surface area contributed by atoms with Gasteiger partial charge in [0.2, 0.25) is 0 Å². The zero-order chi connectivity index (χ0) is 20.4. The van der Waals surface area contributed by atoms with E-state index in [0.29, 0.717) is 39.7 Å². The maximum atomic E-state index is 13.7. The molecular weight excluding hydrogens is 411 g/mol. The molecule has 0 radical (unpaired) electrons. The molecule has 0 aliphatic carbocycles. The Morgan fingerprint density at radius 2 is 2.00 bits per heavy atom. The summed E-state index contributed by atoms with van der Waals surface area (Å²) in [5, 5.41) is 3.14. The minimum atomic E-state index is -0.333. The summed E-state index contributed by atoms with van der Waals surface area (Å²) in [6.45, 7) is 0.686. The average molecular weight is 429 g/mol. The summed E-state index contributed by atoms with van der Waals surface area (Å²) in [6, 6.07) is 13.6. The number of halogens is 2. The highest BCUT2D eigenvalue weighted by Crippen LogP contribution is 2.31. The van der Waals surface area contributed by atoms with E-state index in [1.807, 2.05) is 17.5 Å². The van der Waals surface area contributed by atoms with Gasteiger partial charge in [0.05, 0.1) is 18.5 Å². The Hall–Kier alpha value is -2.54. The maximum absolute atomic E-state index is 13.7. The summed E-state index contributed by atoms with van der Waals surface area (Å²) in [7, 11) is 1.61. The van der Waals surface area contributed by atoms with Gasteiger partial charge in [0.1, 0.15) is 16.5 Å². The van der Waals surface area contributed by atoms with Crippen LogP contribution < -0.4 is 5.56 Å². The molecule has 0 aliphatic rings. The van der Waals surface area contributed by atoms with Gasteiger partial charge in [0.25, 0.3) is 5.56 Å². The van der Waals surface area contributed by atoms with Gasteiger partial charge in [-0.15, -0.1) is 11.3 Å². The van der Waals surface area contributed by atoms with E-state index in [1.54, 1.807) is 35.9 Å². The second-order valence-electron chi connectivity index (χ2n) is 6.63. The average Bonchev–Trinajstić information content (AvgIpc) is 3.13. The standard InChI is InChI=1S/C22H18ClFN2O2S/c1-28-10-9-19-25-21-20(18(13-29-21)15-5-7-16(23)8-6-15)22(27)26(19)12-14-3-2-4-17(24)11-14/h2-8,11,13H,9-10,12H2,1H3. The van der Waals surface area contributed by atoms with Crippen molar-refractivity contribution in [2.75, 3.05) is 13.7 Å². The van der Waals surface area contributed by atoms with Crippen LogP contribution in [0.15, 0.2) is 58.7 Å². The first-order chi connectivity index (χ1) is 14.1. The molecule has 148 valence electrons. The van der Waals surface area contributed by atoms with Crippen LogP contribution in [-0.4, -0.2) is 23.3 Å². The summed E-state index contributed by atoms with van der Waals surface area (Å²) in [5.41, 5.74) is 2.29. The van der Waals surface area contributed by atoms with Crippen molar-refractivity contribution in [2.24, 2.45) is 0 Å². The fourth-order valence-corrected chi connectivity index (χ4v) is 4.36. The molecule has 4 rings (SSSR count). The number of rotatable bonds is 6. The Bertz CT molecular complexity index is 1220. The zero-order valence-electron chi connectivity index (χ0n) is 15.7. The lowest BCUT2D eigenvalue weighted by atomic mass is 10.1. The summed E-state index contributed by atoms with van der Waals surface area (Å²) < 4.78 is 20.5. The highest BCUT2D eigenvalue weighted by Gasteiger charge is 2.17. The summed E-state index contributed by atoms with van der Waals surface area (Å²) in [5.74, 6) is 0.290. The second kappa shape index (κ2) is 8.45. The highest BCUT2D eigenvalue weighted by molar-refractivity contribution is 7.17. The molecule has 0 saturated heterocycles. The van der Waals surface area contributed by atoms with E-state index in [-0.39, 0.29) is 17.9 Å². The molecule has 2 heterocycles. The normalized spacial score (nSPS) is 11.3. The van der Waals surface area contributed by atoms with E-state index >= 15 is 0 Å². The predicted molar refractivity (Wildman–Crippen MR) is 115 cm³/mol. The Labute approximate surface area is 176 Å². The highest BCUT2D eigenvalue weighted by atomic mass is 35.5. The van der Waals surface area contributed by atoms with Gasteiger partial charge in [-0.2, -0.15) is 0 Å². The van der Waals surface area contributed by atoms with Gasteiger partial charge in [-0.3, -0.25) is 9.36 Å². The molecular formula is C22H18ClFN2O2S. The van der Waals surface area contributed by atoms with Crippen molar-refractivity contribution in [2.45, 2.75) is 13.0 Å². The number of methoxy groups -OCH3 is 1. The molecule has 0 amide bonds. The van der Waals surface area contributed by atoms with E-state index in [0.717, 1.165) is 11.1 Å². The third kappa shape index (κ3) is 4.10. The molecule has 0 N–H and O–H groups in total. The molecule has 0 fully saturated rings. The fourth-order valence-electron chi connectivity index (χ4n) is 3.27. The molecule has 2 aromatic carbocycles. The number of ether oxygens (including phenoxy) is 1. The fraction of sp³-hybridized carbons (Fsp3) is 0.182. The molecule has 0 spiro atoms. The van der Waals surface area contributed by atoms with Crippen molar-refractivity contribution in [1.82, 2.24) is 9.55 Å². The van der Waals surface area contributed by atoms with Crippen LogP contribution in [0.2, 0.25) is 5.02 Å². The first-order valence-electron chi connectivity index (χ1n) is 9.07.